The van der Waals surface area contributed by atoms with Crippen LogP contribution in [0.25, 0.3) is 0 Å². The van der Waals surface area contributed by atoms with Gasteiger partial charge in [-0.15, -0.1) is 33.2 Å². The van der Waals surface area contributed by atoms with E-state index in [-0.39, 0.29) is 6.23 Å². The largest absolute Gasteiger partial charge is 0.464 e. The Labute approximate surface area is 94.7 Å². The normalized spacial score (nSPS) is 12.8. The van der Waals surface area contributed by atoms with E-state index >= 15 is 0 Å². The summed E-state index contributed by atoms with van der Waals surface area (Å²) < 4.78 is 4.03. The quantitative estimate of drug-likeness (QED) is 0.346. The fraction of sp³-hybridized carbons (Fsp3) is 0.800. The van der Waals surface area contributed by atoms with Crippen molar-refractivity contribution >= 4 is 61.1 Å². The van der Waals surface area contributed by atoms with Crippen LogP contribution >= 0.6 is 49.2 Å². The summed E-state index contributed by atoms with van der Waals surface area (Å²) in [6, 6.07) is -2.85. The zero-order valence-electron chi connectivity index (χ0n) is 6.54. The molecule has 0 fully saturated rings. The molecule has 0 rings (SSSR count). The second-order valence-electron chi connectivity index (χ2n) is 2.66. The minimum atomic E-state index is -2.85. The smallest absolute Gasteiger partial charge is 0.378 e. The Bertz CT molecular complexity index is 175. The van der Waals surface area contributed by atoms with Crippen molar-refractivity contribution in [3.8, 4) is 0 Å². The summed E-state index contributed by atoms with van der Waals surface area (Å²) in [5.41, 5.74) is 0. The first kappa shape index (κ1) is 13.0. The lowest BCUT2D eigenvalue weighted by molar-refractivity contribution is -0.143. The number of hydrogen-bond donors (Lipinski definition) is 0. The molecule has 0 heterocycles. The third kappa shape index (κ3) is 6.54. The number of carbonyl (C=O) groups excluding carboxylic acids is 1. The highest BCUT2D eigenvalue weighted by Crippen LogP contribution is 2.22. The summed E-state index contributed by atoms with van der Waals surface area (Å²) in [6.07, 6.45) is -0.106. The molecule has 0 aliphatic rings. The Morgan fingerprint density at radius 1 is 1.50 bits per heavy atom. The predicted octanol–water partition coefficient (Wildman–Crippen LogP) is 2.90. The summed E-state index contributed by atoms with van der Waals surface area (Å²) in [5, 5.41) is 0. The lowest BCUT2D eigenvalue weighted by atomic mass is 10.2. The molecule has 12 heavy (non-hydrogen) atoms. The molecule has 2 nitrogen and oxygen atoms in total. The van der Waals surface area contributed by atoms with Gasteiger partial charge in [0.25, 0.3) is 0 Å². The van der Waals surface area contributed by atoms with Crippen molar-refractivity contribution in [2.45, 2.75) is 18.2 Å². The lowest BCUT2D eigenvalue weighted by Gasteiger charge is -2.16. The van der Waals surface area contributed by atoms with Crippen molar-refractivity contribution in [1.82, 2.24) is 0 Å². The number of ether oxygens (including phenoxy) is 1. The highest BCUT2D eigenvalue weighted by atomic mass is 79.9. The van der Waals surface area contributed by atoms with Gasteiger partial charge in [-0.3, -0.25) is 4.79 Å². The molecule has 0 radical (unpaired) electrons. The fourth-order valence-corrected chi connectivity index (χ4v) is 1.22. The van der Waals surface area contributed by atoms with E-state index in [9.17, 15) is 4.79 Å². The third-order valence-corrected chi connectivity index (χ3v) is 2.63. The Morgan fingerprint density at radius 3 is 2.17 bits per heavy atom. The first-order valence-corrected chi connectivity index (χ1v) is 9.09. The molecule has 0 aromatic carbocycles. The first-order chi connectivity index (χ1) is 5.13. The van der Waals surface area contributed by atoms with Crippen LogP contribution in [0, 0.1) is 0 Å². The molecular weight excluding hydrogens is 306 g/mol. The van der Waals surface area contributed by atoms with Crippen molar-refractivity contribution < 1.29 is 9.53 Å². The molecule has 0 aliphatic carbocycles. The zero-order chi connectivity index (χ0) is 9.99. The molecule has 0 N–H and O–H groups in total. The standard InChI is InChI=1S/C5H8BrCl3O2Si/c1-5(2,6)4(10)11-3-12(7,8)9/h3H2,1-2H3. The van der Waals surface area contributed by atoms with Crippen molar-refractivity contribution in [2.75, 3.05) is 6.23 Å². The zero-order valence-corrected chi connectivity index (χ0v) is 11.4. The maximum atomic E-state index is 11.1. The van der Waals surface area contributed by atoms with E-state index in [1.165, 1.54) is 0 Å². The maximum Gasteiger partial charge on any atom is 0.378 e. The number of carbonyl (C=O) groups is 1. The number of hydrogen-bond acceptors (Lipinski definition) is 2. The molecule has 0 atom stereocenters. The van der Waals surface area contributed by atoms with Crippen LogP contribution in [-0.2, 0) is 9.53 Å². The highest BCUT2D eigenvalue weighted by Gasteiger charge is 2.31. The summed E-state index contributed by atoms with van der Waals surface area (Å²) in [7, 11) is 0. The molecule has 0 saturated heterocycles. The predicted molar refractivity (Wildman–Crippen MR) is 57.3 cm³/mol. The Kier molecular flexibility index (Phi) is 4.90. The van der Waals surface area contributed by atoms with Crippen LogP contribution in [0.3, 0.4) is 0 Å². The van der Waals surface area contributed by atoms with Crippen LogP contribution in [0.1, 0.15) is 13.8 Å². The van der Waals surface area contributed by atoms with Crippen LogP contribution < -0.4 is 0 Å². The van der Waals surface area contributed by atoms with Gasteiger partial charge in [-0.1, -0.05) is 15.9 Å². The van der Waals surface area contributed by atoms with Crippen molar-refractivity contribution in [2.24, 2.45) is 0 Å². The minimum absolute atomic E-state index is 0.106. The molecular formula is C5H8BrCl3O2Si. The van der Waals surface area contributed by atoms with Gasteiger partial charge in [-0.25, -0.2) is 0 Å². The summed E-state index contributed by atoms with van der Waals surface area (Å²) >= 11 is 19.6. The van der Waals surface area contributed by atoms with Gasteiger partial charge >= 0.3 is 12.0 Å². The second kappa shape index (κ2) is 4.51. The molecule has 0 saturated carbocycles. The third-order valence-electron chi connectivity index (χ3n) is 0.852. The van der Waals surface area contributed by atoms with E-state index in [0.29, 0.717) is 0 Å². The van der Waals surface area contributed by atoms with Crippen LogP contribution in [0.4, 0.5) is 0 Å². The topological polar surface area (TPSA) is 26.3 Å². The van der Waals surface area contributed by atoms with Crippen LogP contribution in [0.15, 0.2) is 0 Å². The Morgan fingerprint density at radius 2 is 1.92 bits per heavy atom. The Hall–Kier alpha value is 1.04. The molecule has 7 heteroatoms. The SMILES string of the molecule is CC(C)(Br)C(=O)OC[Si](Cl)(Cl)Cl. The maximum absolute atomic E-state index is 11.1. The summed E-state index contributed by atoms with van der Waals surface area (Å²) in [4.78, 5) is 11.1. The van der Waals surface area contributed by atoms with Crippen molar-refractivity contribution in [1.29, 1.82) is 0 Å². The fourth-order valence-electron chi connectivity index (χ4n) is 0.319. The summed E-state index contributed by atoms with van der Waals surface area (Å²) in [6.45, 7) is 3.32. The van der Waals surface area contributed by atoms with E-state index in [2.05, 4.69) is 15.9 Å². The lowest BCUT2D eigenvalue weighted by Crippen LogP contribution is -2.31. The second-order valence-corrected chi connectivity index (χ2v) is 13.7. The Balaban J connectivity index is 3.90. The minimum Gasteiger partial charge on any atom is -0.464 e. The van der Waals surface area contributed by atoms with Gasteiger partial charge in [0, 0.05) is 0 Å². The molecule has 0 aromatic heterocycles. The van der Waals surface area contributed by atoms with Gasteiger partial charge in [0.1, 0.15) is 10.6 Å². The van der Waals surface area contributed by atoms with E-state index < -0.39 is 16.3 Å². The molecule has 0 bridgehead atoms. The number of esters is 1. The van der Waals surface area contributed by atoms with E-state index in [1.807, 2.05) is 0 Å². The monoisotopic (exact) mass is 312 g/mol. The van der Waals surface area contributed by atoms with Crippen molar-refractivity contribution in [3.05, 3.63) is 0 Å². The molecule has 0 aliphatic heterocycles. The van der Waals surface area contributed by atoms with Crippen LogP contribution in [0.2, 0.25) is 0 Å². The molecule has 0 unspecified atom stereocenters. The average Bonchev–Trinajstić information content (AvgIpc) is 1.78. The number of alkyl halides is 1. The van der Waals surface area contributed by atoms with Gasteiger partial charge in [-0.2, -0.15) is 0 Å². The van der Waals surface area contributed by atoms with Gasteiger partial charge in [0.15, 0.2) is 0 Å². The molecule has 0 spiro atoms. The molecule has 0 amide bonds. The van der Waals surface area contributed by atoms with Gasteiger partial charge in [0.05, 0.1) is 0 Å². The highest BCUT2D eigenvalue weighted by molar-refractivity contribution is 9.10. The molecule has 72 valence electrons. The van der Waals surface area contributed by atoms with Crippen LogP contribution in [-0.4, -0.2) is 22.5 Å². The molecule has 0 aromatic rings. The van der Waals surface area contributed by atoms with Gasteiger partial charge in [-0.05, 0) is 13.8 Å². The van der Waals surface area contributed by atoms with E-state index in [0.717, 1.165) is 0 Å². The summed E-state index contributed by atoms with van der Waals surface area (Å²) in [5.74, 6) is -0.429. The van der Waals surface area contributed by atoms with Gasteiger partial charge in [0.2, 0.25) is 0 Å². The van der Waals surface area contributed by atoms with Crippen molar-refractivity contribution in [3.63, 3.8) is 0 Å². The first-order valence-electron chi connectivity index (χ1n) is 3.06. The van der Waals surface area contributed by atoms with E-state index in [1.54, 1.807) is 13.8 Å². The van der Waals surface area contributed by atoms with Gasteiger partial charge < -0.3 is 4.74 Å². The van der Waals surface area contributed by atoms with Crippen LogP contribution in [0.5, 0.6) is 0 Å². The van der Waals surface area contributed by atoms with E-state index in [4.69, 9.17) is 38.0 Å². The average molecular weight is 314 g/mol. The number of halogens is 4. The number of rotatable bonds is 3.